The molecule has 0 heterocycles. The van der Waals surface area contributed by atoms with Crippen LogP contribution in [0.2, 0.25) is 0 Å². The number of rotatable bonds is 4. The fraction of sp³-hybridized carbons (Fsp3) is 0.222. The number of ether oxygens (including phenoxy) is 1. The van der Waals surface area contributed by atoms with Gasteiger partial charge in [-0.3, -0.25) is 4.79 Å². The number of para-hydroxylation sites is 1. The third kappa shape index (κ3) is 4.72. The maximum atomic E-state index is 10.5. The molecular weight excluding hydrogens is 281 g/mol. The van der Waals surface area contributed by atoms with E-state index in [-0.39, 0.29) is 3.91 Å². The van der Waals surface area contributed by atoms with Gasteiger partial charge in [-0.2, -0.15) is 0 Å². The molecule has 1 amide bonds. The zero-order valence-electron chi connectivity index (χ0n) is 7.00. The lowest BCUT2D eigenvalue weighted by Gasteiger charge is -2.04. The van der Waals surface area contributed by atoms with Gasteiger partial charge in [0, 0.05) is 22.6 Å². The zero-order valence-corrected chi connectivity index (χ0v) is 9.15. The maximum Gasteiger partial charge on any atom is 0.280 e. The molecule has 0 fully saturated rings. The highest BCUT2D eigenvalue weighted by Crippen LogP contribution is 2.07. The van der Waals surface area contributed by atoms with Crippen LogP contribution in [0, 0.1) is 0 Å². The summed E-state index contributed by atoms with van der Waals surface area (Å²) < 4.78 is 5.28. The van der Waals surface area contributed by atoms with Crippen LogP contribution in [0.1, 0.15) is 0 Å². The van der Waals surface area contributed by atoms with Crippen molar-refractivity contribution in [1.82, 2.24) is 5.32 Å². The molecule has 13 heavy (non-hydrogen) atoms. The molecular formula is C9H10INO2. The summed E-state index contributed by atoms with van der Waals surface area (Å²) in [5, 5.41) is 2.64. The van der Waals surface area contributed by atoms with Crippen molar-refractivity contribution >= 4 is 26.5 Å². The number of halogens is 1. The minimum absolute atomic E-state index is 0.0609. The van der Waals surface area contributed by atoms with Crippen LogP contribution in [0.5, 0.6) is 5.75 Å². The summed E-state index contributed by atoms with van der Waals surface area (Å²) in [5.41, 5.74) is 0. The standard InChI is InChI=1S/C9H10INO2/c10-9(12)11-6-7-13-8-4-2-1-3-5-8/h1-5H,6-7H2,(H,11,12). The van der Waals surface area contributed by atoms with Crippen molar-refractivity contribution < 1.29 is 9.53 Å². The molecule has 1 rings (SSSR count). The van der Waals surface area contributed by atoms with Gasteiger partial charge in [0.2, 0.25) is 0 Å². The van der Waals surface area contributed by atoms with Gasteiger partial charge in [-0.05, 0) is 12.1 Å². The van der Waals surface area contributed by atoms with E-state index >= 15 is 0 Å². The van der Waals surface area contributed by atoms with E-state index in [1.54, 1.807) is 22.6 Å². The van der Waals surface area contributed by atoms with Gasteiger partial charge in [-0.15, -0.1) is 0 Å². The summed E-state index contributed by atoms with van der Waals surface area (Å²) in [6.07, 6.45) is 0. The minimum atomic E-state index is -0.0609. The van der Waals surface area contributed by atoms with E-state index in [2.05, 4.69) is 5.32 Å². The summed E-state index contributed by atoms with van der Waals surface area (Å²) in [7, 11) is 0. The molecule has 0 radical (unpaired) electrons. The number of amides is 1. The number of carbonyl (C=O) groups is 1. The number of hydrogen-bond acceptors (Lipinski definition) is 2. The van der Waals surface area contributed by atoms with Gasteiger partial charge >= 0.3 is 0 Å². The van der Waals surface area contributed by atoms with Gasteiger partial charge in [-0.1, -0.05) is 18.2 Å². The first-order chi connectivity index (χ1) is 6.29. The highest BCUT2D eigenvalue weighted by atomic mass is 127. The topological polar surface area (TPSA) is 38.3 Å². The van der Waals surface area contributed by atoms with Crippen molar-refractivity contribution in [3.63, 3.8) is 0 Å². The summed E-state index contributed by atoms with van der Waals surface area (Å²) in [4.78, 5) is 10.5. The lowest BCUT2D eigenvalue weighted by molar-refractivity contribution is 0.258. The first-order valence-electron chi connectivity index (χ1n) is 3.90. The van der Waals surface area contributed by atoms with Crippen LogP contribution in [0.25, 0.3) is 0 Å². The molecule has 4 heteroatoms. The van der Waals surface area contributed by atoms with Crippen molar-refractivity contribution in [2.45, 2.75) is 0 Å². The van der Waals surface area contributed by atoms with Crippen LogP contribution in [-0.4, -0.2) is 17.1 Å². The van der Waals surface area contributed by atoms with Crippen LogP contribution in [0.15, 0.2) is 30.3 Å². The Morgan fingerprint density at radius 2 is 2.08 bits per heavy atom. The molecule has 1 N–H and O–H groups in total. The SMILES string of the molecule is O=C(I)NCCOc1ccccc1. The second-order valence-corrected chi connectivity index (χ2v) is 3.34. The van der Waals surface area contributed by atoms with Gasteiger partial charge in [0.05, 0.1) is 6.54 Å². The Labute approximate surface area is 90.6 Å². The molecule has 0 saturated carbocycles. The number of carbonyl (C=O) groups excluding carboxylic acids is 1. The molecule has 0 aliphatic rings. The lowest BCUT2D eigenvalue weighted by atomic mass is 10.3. The Balaban J connectivity index is 2.17. The first-order valence-corrected chi connectivity index (χ1v) is 4.98. The molecule has 1 aromatic carbocycles. The van der Waals surface area contributed by atoms with Crippen LogP contribution in [0.3, 0.4) is 0 Å². The fourth-order valence-corrected chi connectivity index (χ4v) is 1.10. The molecule has 0 unspecified atom stereocenters. The van der Waals surface area contributed by atoms with Gasteiger partial charge in [0.15, 0.2) is 0 Å². The van der Waals surface area contributed by atoms with Crippen molar-refractivity contribution in [2.75, 3.05) is 13.2 Å². The molecule has 70 valence electrons. The summed E-state index contributed by atoms with van der Waals surface area (Å²) in [5.74, 6) is 0.824. The van der Waals surface area contributed by atoms with E-state index in [0.717, 1.165) is 5.75 Å². The Bertz CT molecular complexity index is 264. The van der Waals surface area contributed by atoms with Crippen LogP contribution < -0.4 is 10.1 Å². The fourth-order valence-electron chi connectivity index (χ4n) is 0.835. The van der Waals surface area contributed by atoms with E-state index in [4.69, 9.17) is 4.74 Å². The predicted octanol–water partition coefficient (Wildman–Crippen LogP) is 2.21. The largest absolute Gasteiger partial charge is 0.492 e. The second-order valence-electron chi connectivity index (χ2n) is 2.36. The van der Waals surface area contributed by atoms with Gasteiger partial charge < -0.3 is 10.1 Å². The van der Waals surface area contributed by atoms with E-state index in [0.29, 0.717) is 13.2 Å². The molecule has 0 spiro atoms. The van der Waals surface area contributed by atoms with Crippen LogP contribution in [-0.2, 0) is 0 Å². The summed E-state index contributed by atoms with van der Waals surface area (Å²) in [6.45, 7) is 1.04. The Hall–Kier alpha value is -0.780. The summed E-state index contributed by atoms with van der Waals surface area (Å²) in [6, 6.07) is 9.51. The molecule has 0 atom stereocenters. The molecule has 0 bridgehead atoms. The monoisotopic (exact) mass is 291 g/mol. The first kappa shape index (κ1) is 10.3. The van der Waals surface area contributed by atoms with Crippen molar-refractivity contribution in [3.05, 3.63) is 30.3 Å². The summed E-state index contributed by atoms with van der Waals surface area (Å²) >= 11 is 1.69. The van der Waals surface area contributed by atoms with E-state index in [1.165, 1.54) is 0 Å². The predicted molar refractivity (Wildman–Crippen MR) is 59.4 cm³/mol. The highest BCUT2D eigenvalue weighted by molar-refractivity contribution is 14.1. The van der Waals surface area contributed by atoms with Crippen molar-refractivity contribution in [3.8, 4) is 5.75 Å². The quantitative estimate of drug-likeness (QED) is 0.400. The van der Waals surface area contributed by atoms with Crippen LogP contribution >= 0.6 is 22.6 Å². The molecule has 3 nitrogen and oxygen atoms in total. The lowest BCUT2D eigenvalue weighted by Crippen LogP contribution is -2.22. The Kier molecular flexibility index (Phi) is 4.59. The highest BCUT2D eigenvalue weighted by Gasteiger charge is 1.93. The van der Waals surface area contributed by atoms with E-state index in [9.17, 15) is 4.79 Å². The van der Waals surface area contributed by atoms with Gasteiger partial charge in [-0.25, -0.2) is 0 Å². The van der Waals surface area contributed by atoms with Crippen molar-refractivity contribution in [1.29, 1.82) is 0 Å². The average molecular weight is 291 g/mol. The maximum absolute atomic E-state index is 10.5. The molecule has 0 aliphatic heterocycles. The molecule has 0 aromatic heterocycles. The average Bonchev–Trinajstić information content (AvgIpc) is 2.14. The van der Waals surface area contributed by atoms with Gasteiger partial charge in [0.25, 0.3) is 3.91 Å². The van der Waals surface area contributed by atoms with Crippen molar-refractivity contribution in [2.24, 2.45) is 0 Å². The third-order valence-corrected chi connectivity index (χ3v) is 1.76. The number of benzene rings is 1. The number of nitrogens with one attached hydrogen (secondary N) is 1. The molecule has 0 saturated heterocycles. The molecule has 0 aliphatic carbocycles. The van der Waals surface area contributed by atoms with E-state index in [1.807, 2.05) is 30.3 Å². The molecule has 1 aromatic rings. The zero-order chi connectivity index (χ0) is 9.52. The van der Waals surface area contributed by atoms with Gasteiger partial charge in [0.1, 0.15) is 12.4 Å². The third-order valence-electron chi connectivity index (χ3n) is 1.38. The Morgan fingerprint density at radius 3 is 2.69 bits per heavy atom. The van der Waals surface area contributed by atoms with Crippen LogP contribution in [0.4, 0.5) is 4.79 Å². The minimum Gasteiger partial charge on any atom is -0.492 e. The number of hydrogen-bond donors (Lipinski definition) is 1. The second kappa shape index (κ2) is 5.80. The van der Waals surface area contributed by atoms with E-state index < -0.39 is 0 Å². The Morgan fingerprint density at radius 1 is 1.38 bits per heavy atom. The normalized spacial score (nSPS) is 9.31. The smallest absolute Gasteiger partial charge is 0.280 e.